The van der Waals surface area contributed by atoms with Crippen molar-refractivity contribution in [3.63, 3.8) is 0 Å². The predicted molar refractivity (Wildman–Crippen MR) is 81.7 cm³/mol. The van der Waals surface area contributed by atoms with Crippen LogP contribution in [-0.4, -0.2) is 39.8 Å². The van der Waals surface area contributed by atoms with Gasteiger partial charge in [-0.15, -0.1) is 0 Å². The molecule has 1 aliphatic heterocycles. The van der Waals surface area contributed by atoms with Crippen molar-refractivity contribution >= 4 is 35.2 Å². The zero-order chi connectivity index (χ0) is 15.6. The molecule has 110 valence electrons. The van der Waals surface area contributed by atoms with Crippen molar-refractivity contribution in [2.45, 2.75) is 13.8 Å². The summed E-state index contributed by atoms with van der Waals surface area (Å²) in [5, 5.41) is 0.195. The Labute approximate surface area is 127 Å². The zero-order valence-corrected chi connectivity index (χ0v) is 12.6. The van der Waals surface area contributed by atoms with Crippen LogP contribution < -0.4 is 0 Å². The molecule has 0 aliphatic carbocycles. The molecule has 1 aromatic carbocycles. The molecule has 2 amide bonds. The number of carbonyl (C=O) groups excluding carboxylic acids is 2. The van der Waals surface area contributed by atoms with Gasteiger partial charge in [-0.3, -0.25) is 19.4 Å². The van der Waals surface area contributed by atoms with Gasteiger partial charge in [-0.05, 0) is 38.2 Å². The maximum atomic E-state index is 13.7. The lowest BCUT2D eigenvalue weighted by atomic mass is 10.1. The summed E-state index contributed by atoms with van der Waals surface area (Å²) >= 11 is 5.15. The fourth-order valence-electron chi connectivity index (χ4n) is 2.13. The Bertz CT molecular complexity index is 614. The number of benzene rings is 1. The number of likely N-dealkylation sites (N-methyl/N-ethyl adjacent to an activating group) is 2. The molecule has 0 atom stereocenters. The number of nitrogens with zero attached hydrogens (tertiary/aromatic N) is 2. The molecular weight excluding hydrogens is 291 g/mol. The van der Waals surface area contributed by atoms with E-state index < -0.39 is 17.6 Å². The number of thiocarbonyl (C=S) groups is 1. The van der Waals surface area contributed by atoms with E-state index in [0.29, 0.717) is 13.1 Å². The Balaban J connectivity index is 2.50. The van der Waals surface area contributed by atoms with Gasteiger partial charge in [0.1, 0.15) is 11.4 Å². The molecule has 1 aromatic rings. The molecule has 0 saturated carbocycles. The molecule has 1 saturated heterocycles. The lowest BCUT2D eigenvalue weighted by Crippen LogP contribution is -2.55. The van der Waals surface area contributed by atoms with Crippen LogP contribution in [0.25, 0.3) is 6.08 Å². The third-order valence-corrected chi connectivity index (χ3v) is 3.69. The normalized spacial score (nSPS) is 15.8. The summed E-state index contributed by atoms with van der Waals surface area (Å²) in [4.78, 5) is 27.4. The van der Waals surface area contributed by atoms with E-state index in [9.17, 15) is 14.0 Å². The number of halogens is 1. The molecule has 0 N–H and O–H groups in total. The first kappa shape index (κ1) is 15.3. The molecule has 0 unspecified atom stereocenters. The predicted octanol–water partition coefficient (Wildman–Crippen LogP) is 2.20. The molecule has 0 aromatic heterocycles. The summed E-state index contributed by atoms with van der Waals surface area (Å²) in [6, 6.07) is 5.99. The van der Waals surface area contributed by atoms with Crippen molar-refractivity contribution in [2.75, 3.05) is 13.1 Å². The first-order valence-corrected chi connectivity index (χ1v) is 7.06. The Morgan fingerprint density at radius 1 is 1.10 bits per heavy atom. The third kappa shape index (κ3) is 2.71. The second kappa shape index (κ2) is 6.13. The number of carbonyl (C=O) groups is 2. The van der Waals surface area contributed by atoms with E-state index in [2.05, 4.69) is 0 Å². The van der Waals surface area contributed by atoms with Crippen LogP contribution in [0.4, 0.5) is 4.39 Å². The van der Waals surface area contributed by atoms with Gasteiger partial charge in [-0.1, -0.05) is 18.2 Å². The summed E-state index contributed by atoms with van der Waals surface area (Å²) < 4.78 is 13.7. The smallest absolute Gasteiger partial charge is 0.265 e. The van der Waals surface area contributed by atoms with Gasteiger partial charge in [0.25, 0.3) is 11.8 Å². The summed E-state index contributed by atoms with van der Waals surface area (Å²) in [6.45, 7) is 4.26. The summed E-state index contributed by atoms with van der Waals surface area (Å²) in [5.41, 5.74) is 0.131. The zero-order valence-electron chi connectivity index (χ0n) is 11.8. The quantitative estimate of drug-likeness (QED) is 0.488. The number of amides is 2. The fraction of sp³-hybridized carbons (Fsp3) is 0.267. The average molecular weight is 306 g/mol. The maximum Gasteiger partial charge on any atom is 0.265 e. The van der Waals surface area contributed by atoms with Gasteiger partial charge in [-0.2, -0.15) is 0 Å². The van der Waals surface area contributed by atoms with E-state index in [1.807, 2.05) is 0 Å². The van der Waals surface area contributed by atoms with E-state index in [-0.39, 0.29) is 16.2 Å². The first-order chi connectivity index (χ1) is 10.0. The lowest BCUT2D eigenvalue weighted by molar-refractivity contribution is -0.133. The van der Waals surface area contributed by atoms with Crippen LogP contribution in [0.15, 0.2) is 29.8 Å². The van der Waals surface area contributed by atoms with Crippen LogP contribution in [0.2, 0.25) is 0 Å². The van der Waals surface area contributed by atoms with Crippen molar-refractivity contribution in [3.05, 3.63) is 41.2 Å². The monoisotopic (exact) mass is 306 g/mol. The van der Waals surface area contributed by atoms with Crippen LogP contribution in [0.3, 0.4) is 0 Å². The fourth-order valence-corrected chi connectivity index (χ4v) is 2.55. The van der Waals surface area contributed by atoms with E-state index in [1.54, 1.807) is 26.0 Å². The van der Waals surface area contributed by atoms with Gasteiger partial charge in [0.05, 0.1) is 0 Å². The number of hydrogen-bond acceptors (Lipinski definition) is 3. The van der Waals surface area contributed by atoms with Crippen LogP contribution in [0.1, 0.15) is 19.4 Å². The summed E-state index contributed by atoms with van der Waals surface area (Å²) in [5.74, 6) is -1.45. The largest absolute Gasteiger partial charge is 0.285 e. The third-order valence-electron chi connectivity index (χ3n) is 3.25. The van der Waals surface area contributed by atoms with Gasteiger partial charge in [0.2, 0.25) is 0 Å². The van der Waals surface area contributed by atoms with Crippen molar-refractivity contribution < 1.29 is 14.0 Å². The molecule has 1 heterocycles. The first-order valence-electron chi connectivity index (χ1n) is 6.65. The molecule has 0 bridgehead atoms. The Morgan fingerprint density at radius 2 is 1.62 bits per heavy atom. The van der Waals surface area contributed by atoms with Gasteiger partial charge >= 0.3 is 0 Å². The van der Waals surface area contributed by atoms with Crippen molar-refractivity contribution in [1.82, 2.24) is 9.80 Å². The Morgan fingerprint density at radius 3 is 2.10 bits per heavy atom. The van der Waals surface area contributed by atoms with Crippen LogP contribution in [-0.2, 0) is 9.59 Å². The highest BCUT2D eigenvalue weighted by Gasteiger charge is 2.37. The van der Waals surface area contributed by atoms with E-state index in [4.69, 9.17) is 12.2 Å². The highest BCUT2D eigenvalue weighted by Crippen LogP contribution is 2.21. The second-order valence-electron chi connectivity index (χ2n) is 4.46. The highest BCUT2D eigenvalue weighted by atomic mass is 32.1. The molecule has 0 spiro atoms. The van der Waals surface area contributed by atoms with Gasteiger partial charge in [0, 0.05) is 18.7 Å². The second-order valence-corrected chi connectivity index (χ2v) is 4.83. The van der Waals surface area contributed by atoms with Crippen LogP contribution in [0, 0.1) is 5.82 Å². The highest BCUT2D eigenvalue weighted by molar-refractivity contribution is 7.80. The molecule has 2 rings (SSSR count). The van der Waals surface area contributed by atoms with E-state index >= 15 is 0 Å². The average Bonchev–Trinajstić information content (AvgIpc) is 2.46. The topological polar surface area (TPSA) is 40.6 Å². The van der Waals surface area contributed by atoms with Crippen molar-refractivity contribution in [1.29, 1.82) is 0 Å². The van der Waals surface area contributed by atoms with Crippen molar-refractivity contribution in [3.8, 4) is 0 Å². The minimum atomic E-state index is -0.486. The standard InChI is InChI=1S/C15H15FN2O2S/c1-3-17-13(19)11(14(20)18(4-2)15(17)21)9-10-7-5-6-8-12(10)16/h5-9H,3-4H2,1-2H3. The van der Waals surface area contributed by atoms with E-state index in [1.165, 1.54) is 28.0 Å². The molecule has 0 radical (unpaired) electrons. The molecular formula is C15H15FN2O2S. The van der Waals surface area contributed by atoms with Crippen molar-refractivity contribution in [2.24, 2.45) is 0 Å². The molecule has 1 aliphatic rings. The van der Waals surface area contributed by atoms with Crippen LogP contribution in [0.5, 0.6) is 0 Å². The summed E-state index contributed by atoms with van der Waals surface area (Å²) in [6.07, 6.45) is 1.28. The number of hydrogen-bond donors (Lipinski definition) is 0. The van der Waals surface area contributed by atoms with Gasteiger partial charge < -0.3 is 0 Å². The molecule has 21 heavy (non-hydrogen) atoms. The number of rotatable bonds is 3. The van der Waals surface area contributed by atoms with Crippen LogP contribution >= 0.6 is 12.2 Å². The van der Waals surface area contributed by atoms with Gasteiger partial charge in [-0.25, -0.2) is 4.39 Å². The Hall–Kier alpha value is -2.08. The molecule has 1 fully saturated rings. The van der Waals surface area contributed by atoms with E-state index in [0.717, 1.165) is 0 Å². The minimum absolute atomic E-state index is 0.0719. The minimum Gasteiger partial charge on any atom is -0.285 e. The van der Waals surface area contributed by atoms with Gasteiger partial charge in [0.15, 0.2) is 5.11 Å². The summed E-state index contributed by atoms with van der Waals surface area (Å²) in [7, 11) is 0. The Kier molecular flexibility index (Phi) is 4.47. The molecule has 4 nitrogen and oxygen atoms in total. The SMILES string of the molecule is CCN1C(=O)C(=Cc2ccccc2F)C(=O)N(CC)C1=S. The lowest BCUT2D eigenvalue weighted by Gasteiger charge is -2.35. The molecule has 6 heteroatoms. The maximum absolute atomic E-state index is 13.7.